The number of aliphatic hydroxyl groups is 1. The van der Waals surface area contributed by atoms with Gasteiger partial charge in [0.25, 0.3) is 10.0 Å². The lowest BCUT2D eigenvalue weighted by Crippen LogP contribution is -2.21. The predicted molar refractivity (Wildman–Crippen MR) is 122 cm³/mol. The molecule has 32 heavy (non-hydrogen) atoms. The Labute approximate surface area is 194 Å². The third-order valence-corrected chi connectivity index (χ3v) is 6.78. The van der Waals surface area contributed by atoms with E-state index in [2.05, 4.69) is 25.0 Å². The molecule has 0 fully saturated rings. The maximum Gasteiger partial charge on any atom is 0.282 e. The average Bonchev–Trinajstić information content (AvgIpc) is 3.08. The lowest BCUT2D eigenvalue weighted by molar-refractivity contribution is 0.281. The number of aromatic nitrogens is 4. The van der Waals surface area contributed by atoms with Crippen molar-refractivity contribution >= 4 is 45.0 Å². The van der Waals surface area contributed by atoms with Crippen LogP contribution in [0.3, 0.4) is 0 Å². The molecule has 9 nitrogen and oxygen atoms in total. The Balaban J connectivity index is 1.89. The quantitative estimate of drug-likeness (QED) is 0.302. The highest BCUT2D eigenvalue weighted by molar-refractivity contribution is 7.98. The first-order valence-electron chi connectivity index (χ1n) is 9.44. The zero-order valence-corrected chi connectivity index (χ0v) is 19.9. The summed E-state index contributed by atoms with van der Waals surface area (Å²) in [6, 6.07) is 5.75. The van der Waals surface area contributed by atoms with E-state index in [-0.39, 0.29) is 39.4 Å². The molecule has 0 aliphatic rings. The monoisotopic (exact) mass is 500 g/mol. The molecule has 3 aromatic rings. The van der Waals surface area contributed by atoms with Crippen LogP contribution >= 0.6 is 23.4 Å². The van der Waals surface area contributed by atoms with Gasteiger partial charge in [0.05, 0.1) is 11.6 Å². The average molecular weight is 501 g/mol. The number of halogens is 2. The van der Waals surface area contributed by atoms with Gasteiger partial charge in [-0.1, -0.05) is 35.5 Å². The number of hydrogen-bond acceptors (Lipinski definition) is 8. The minimum atomic E-state index is -4.00. The largest absolute Gasteiger partial charge is 0.394 e. The van der Waals surface area contributed by atoms with Crippen molar-refractivity contribution < 1.29 is 17.9 Å². The molecule has 13 heteroatoms. The lowest BCUT2D eigenvalue weighted by atomic mass is 10.2. The lowest BCUT2D eigenvalue weighted by Gasteiger charge is -2.14. The zero-order valence-electron chi connectivity index (χ0n) is 17.5. The molecule has 2 heterocycles. The van der Waals surface area contributed by atoms with Crippen molar-refractivity contribution in [1.82, 2.24) is 19.5 Å². The maximum atomic E-state index is 14.2. The molecule has 3 N–H and O–H groups in total. The van der Waals surface area contributed by atoms with Crippen molar-refractivity contribution in [1.29, 1.82) is 0 Å². The molecule has 2 aromatic heterocycles. The van der Waals surface area contributed by atoms with E-state index in [1.165, 1.54) is 18.3 Å². The summed E-state index contributed by atoms with van der Waals surface area (Å²) in [5.41, 5.74) is 0.360. The summed E-state index contributed by atoms with van der Waals surface area (Å²) >= 11 is 6.94. The second kappa shape index (κ2) is 10.0. The van der Waals surface area contributed by atoms with Gasteiger partial charge in [0.2, 0.25) is 0 Å². The van der Waals surface area contributed by atoms with Gasteiger partial charge < -0.3 is 15.0 Å². The molecule has 0 radical (unpaired) electrons. The number of imidazole rings is 1. The minimum Gasteiger partial charge on any atom is -0.394 e. The molecule has 0 aliphatic heterocycles. The predicted octanol–water partition coefficient (Wildman–Crippen LogP) is 3.20. The molecule has 0 spiro atoms. The summed E-state index contributed by atoms with van der Waals surface area (Å²) in [6.07, 6.45) is 1.39. The number of nitrogens with zero attached hydrogens (tertiary/aromatic N) is 4. The van der Waals surface area contributed by atoms with Crippen LogP contribution in [0, 0.1) is 12.7 Å². The van der Waals surface area contributed by atoms with E-state index in [0.717, 1.165) is 11.8 Å². The summed E-state index contributed by atoms with van der Waals surface area (Å²) < 4.78 is 43.7. The van der Waals surface area contributed by atoms with E-state index < -0.39 is 15.8 Å². The minimum absolute atomic E-state index is 0.00464. The summed E-state index contributed by atoms with van der Waals surface area (Å²) in [5, 5.41) is 12.3. The van der Waals surface area contributed by atoms with E-state index >= 15 is 0 Å². The molecule has 0 saturated carbocycles. The van der Waals surface area contributed by atoms with Gasteiger partial charge in [-0.3, -0.25) is 4.72 Å². The summed E-state index contributed by atoms with van der Waals surface area (Å²) in [5.74, 6) is 0.482. The van der Waals surface area contributed by atoms with Gasteiger partial charge in [0.1, 0.15) is 23.3 Å². The first kappa shape index (κ1) is 24.2. The third-order valence-electron chi connectivity index (χ3n) is 4.36. The van der Waals surface area contributed by atoms with Crippen LogP contribution < -0.4 is 10.0 Å². The van der Waals surface area contributed by atoms with Crippen LogP contribution in [0.4, 0.5) is 16.0 Å². The number of nitrogens with one attached hydrogen (secondary N) is 2. The van der Waals surface area contributed by atoms with Gasteiger partial charge in [-0.25, -0.2) is 19.3 Å². The van der Waals surface area contributed by atoms with Crippen LogP contribution in [0.25, 0.3) is 0 Å². The topological polar surface area (TPSA) is 122 Å². The highest BCUT2D eigenvalue weighted by atomic mass is 35.5. The Hall–Kier alpha value is -2.41. The molecule has 3 rings (SSSR count). The molecule has 1 unspecified atom stereocenters. The summed E-state index contributed by atoms with van der Waals surface area (Å²) in [4.78, 5) is 12.6. The first-order chi connectivity index (χ1) is 15.1. The molecule has 172 valence electrons. The van der Waals surface area contributed by atoms with Crippen molar-refractivity contribution in [3.63, 3.8) is 0 Å². The number of hydrogen-bond donors (Lipinski definition) is 3. The Morgan fingerprint density at radius 1 is 1.28 bits per heavy atom. The van der Waals surface area contributed by atoms with Crippen molar-refractivity contribution in [3.8, 4) is 0 Å². The molecule has 0 bridgehead atoms. The van der Waals surface area contributed by atoms with Crippen LogP contribution in [-0.2, 0) is 22.8 Å². The normalized spacial score (nSPS) is 12.6. The van der Waals surface area contributed by atoms with Crippen LogP contribution in [0.1, 0.15) is 18.3 Å². The Morgan fingerprint density at radius 2 is 2.00 bits per heavy atom. The van der Waals surface area contributed by atoms with Gasteiger partial charge >= 0.3 is 0 Å². The maximum absolute atomic E-state index is 14.2. The fraction of sp³-hybridized carbons (Fsp3) is 0.316. The van der Waals surface area contributed by atoms with Gasteiger partial charge in [-0.15, -0.1) is 0 Å². The second-order valence-electron chi connectivity index (χ2n) is 6.99. The molecule has 0 aliphatic carbocycles. The highest BCUT2D eigenvalue weighted by Crippen LogP contribution is 2.27. The number of aliphatic hydroxyl groups excluding tert-OH is 1. The fourth-order valence-corrected chi connectivity index (χ4v) is 4.62. The Bertz CT molecular complexity index is 1200. The van der Waals surface area contributed by atoms with E-state index in [9.17, 15) is 17.9 Å². The fourth-order valence-electron chi connectivity index (χ4n) is 2.56. The van der Waals surface area contributed by atoms with Crippen LogP contribution in [-0.4, -0.2) is 45.7 Å². The van der Waals surface area contributed by atoms with Crippen molar-refractivity contribution in [3.05, 3.63) is 52.7 Å². The van der Waals surface area contributed by atoms with Crippen molar-refractivity contribution in [2.24, 2.45) is 7.05 Å². The van der Waals surface area contributed by atoms with Gasteiger partial charge in [0.15, 0.2) is 10.2 Å². The molecule has 0 amide bonds. The van der Waals surface area contributed by atoms with Gasteiger partial charge in [-0.05, 0) is 25.5 Å². The second-order valence-corrected chi connectivity index (χ2v) is 9.97. The van der Waals surface area contributed by atoms with Gasteiger partial charge in [-0.2, -0.15) is 8.42 Å². The van der Waals surface area contributed by atoms with E-state index in [4.69, 9.17) is 11.6 Å². The number of thioether (sulfide) groups is 1. The highest BCUT2D eigenvalue weighted by Gasteiger charge is 2.20. The zero-order chi connectivity index (χ0) is 23.5. The number of rotatable bonds is 9. The van der Waals surface area contributed by atoms with E-state index in [0.29, 0.717) is 17.2 Å². The summed E-state index contributed by atoms with van der Waals surface area (Å²) in [6.45, 7) is 3.26. The standard InChI is InChI=1S/C19H22ClFN6O3S2/c1-11(9-28)22-15-7-16(26-32(29,30)17-8-27(3)12(2)23-17)25-19(24-15)31-10-13-5-4-6-14(20)18(13)21/h4-8,11,28H,9-10H2,1-3H3,(H2,22,24,25,26). The summed E-state index contributed by atoms with van der Waals surface area (Å²) in [7, 11) is -2.31. The first-order valence-corrected chi connectivity index (χ1v) is 12.3. The molecule has 0 saturated heterocycles. The third kappa shape index (κ3) is 5.88. The van der Waals surface area contributed by atoms with Crippen LogP contribution in [0.2, 0.25) is 5.02 Å². The smallest absolute Gasteiger partial charge is 0.282 e. The molecule has 1 aromatic carbocycles. The molecular formula is C19H22ClFN6O3S2. The van der Waals surface area contributed by atoms with Crippen LogP contribution in [0.15, 0.2) is 40.6 Å². The van der Waals surface area contributed by atoms with Gasteiger partial charge in [0, 0.05) is 31.1 Å². The van der Waals surface area contributed by atoms with Crippen LogP contribution in [0.5, 0.6) is 0 Å². The van der Waals surface area contributed by atoms with E-state index in [1.807, 2.05) is 0 Å². The molecule has 1 atom stereocenters. The number of benzene rings is 1. The number of aryl methyl sites for hydroxylation is 2. The molecular weight excluding hydrogens is 479 g/mol. The van der Waals surface area contributed by atoms with Crippen molar-refractivity contribution in [2.75, 3.05) is 16.6 Å². The Kier molecular flexibility index (Phi) is 7.59. The number of anilines is 2. The van der Waals surface area contributed by atoms with Crippen molar-refractivity contribution in [2.45, 2.75) is 35.8 Å². The Morgan fingerprint density at radius 3 is 2.66 bits per heavy atom. The number of sulfonamides is 1. The van der Waals surface area contributed by atoms with E-state index in [1.54, 1.807) is 37.6 Å². The SMILES string of the molecule is Cc1nc(S(=O)(=O)Nc2cc(NC(C)CO)nc(SCc3cccc(Cl)c3F)n2)cn1C.